The summed E-state index contributed by atoms with van der Waals surface area (Å²) in [5.41, 5.74) is 1.07. The van der Waals surface area contributed by atoms with Crippen LogP contribution in [0.25, 0.3) is 0 Å². The number of anilines is 1. The van der Waals surface area contributed by atoms with Gasteiger partial charge in [-0.2, -0.15) is 0 Å². The lowest BCUT2D eigenvalue weighted by atomic mass is 10.1. The van der Waals surface area contributed by atoms with Gasteiger partial charge in [0, 0.05) is 11.1 Å². The molecule has 0 spiro atoms. The molecule has 1 saturated heterocycles. The molecule has 3 rings (SSSR count). The fourth-order valence-electron chi connectivity index (χ4n) is 2.63. The molecule has 1 fully saturated rings. The van der Waals surface area contributed by atoms with Crippen LogP contribution in [-0.2, 0) is 4.74 Å². The summed E-state index contributed by atoms with van der Waals surface area (Å²) in [4.78, 5) is 2.30. The zero-order valence-electron chi connectivity index (χ0n) is 10.0. The van der Waals surface area contributed by atoms with E-state index in [1.54, 1.807) is 0 Å². The Kier molecular flexibility index (Phi) is 3.33. The van der Waals surface area contributed by atoms with Gasteiger partial charge < -0.3 is 19.5 Å². The molecule has 0 saturated carbocycles. The number of aliphatic hydroxyl groups is 1. The van der Waals surface area contributed by atoms with E-state index in [2.05, 4.69) is 4.90 Å². The number of fused-ring (bicyclic) bond motifs is 1. The van der Waals surface area contributed by atoms with Gasteiger partial charge >= 0.3 is 0 Å². The van der Waals surface area contributed by atoms with E-state index in [-0.39, 0.29) is 12.7 Å². The van der Waals surface area contributed by atoms with Gasteiger partial charge in [0.1, 0.15) is 12.4 Å². The summed E-state index contributed by atoms with van der Waals surface area (Å²) in [6.45, 7) is 2.26. The van der Waals surface area contributed by atoms with E-state index >= 15 is 0 Å². The highest BCUT2D eigenvalue weighted by Gasteiger charge is 2.32. The van der Waals surface area contributed by atoms with Gasteiger partial charge in [-0.1, -0.05) is 11.6 Å². The number of halogens is 1. The molecule has 0 unspecified atom stereocenters. The second-order valence-electron chi connectivity index (χ2n) is 4.68. The Morgan fingerprint density at radius 1 is 1.44 bits per heavy atom. The summed E-state index contributed by atoms with van der Waals surface area (Å²) < 4.78 is 11.2. The zero-order chi connectivity index (χ0) is 12.5. The normalized spacial score (nSPS) is 26.9. The van der Waals surface area contributed by atoms with Crippen LogP contribution in [0, 0.1) is 0 Å². The van der Waals surface area contributed by atoms with Crippen molar-refractivity contribution in [3.05, 3.63) is 23.2 Å². The van der Waals surface area contributed by atoms with E-state index in [1.807, 2.05) is 18.2 Å². The highest BCUT2D eigenvalue weighted by molar-refractivity contribution is 6.30. The zero-order valence-corrected chi connectivity index (χ0v) is 10.8. The van der Waals surface area contributed by atoms with Crippen LogP contribution < -0.4 is 9.64 Å². The van der Waals surface area contributed by atoms with E-state index in [0.29, 0.717) is 24.3 Å². The topological polar surface area (TPSA) is 41.9 Å². The lowest BCUT2D eigenvalue weighted by Crippen LogP contribution is -2.41. The minimum Gasteiger partial charge on any atom is -0.490 e. The van der Waals surface area contributed by atoms with Crippen molar-refractivity contribution < 1.29 is 14.6 Å². The summed E-state index contributed by atoms with van der Waals surface area (Å²) in [7, 11) is 0. The van der Waals surface area contributed by atoms with Gasteiger partial charge in [0.25, 0.3) is 0 Å². The predicted octanol–water partition coefficient (Wildman–Crippen LogP) is 1.69. The van der Waals surface area contributed by atoms with Crippen molar-refractivity contribution in [1.29, 1.82) is 0 Å². The van der Waals surface area contributed by atoms with E-state index in [0.717, 1.165) is 24.4 Å². The lowest BCUT2D eigenvalue weighted by molar-refractivity contribution is 0.0583. The van der Waals surface area contributed by atoms with Crippen molar-refractivity contribution >= 4 is 17.3 Å². The molecule has 0 bridgehead atoms. The maximum Gasteiger partial charge on any atom is 0.144 e. The third-order valence-electron chi connectivity index (χ3n) is 3.52. The molecular formula is C13H16ClNO3. The number of ether oxygens (including phenoxy) is 2. The van der Waals surface area contributed by atoms with Crippen LogP contribution in [-0.4, -0.2) is 43.6 Å². The Labute approximate surface area is 111 Å². The van der Waals surface area contributed by atoms with E-state index < -0.39 is 0 Å². The van der Waals surface area contributed by atoms with Crippen molar-refractivity contribution in [3.8, 4) is 5.75 Å². The standard InChI is InChI=1S/C13H16ClNO3/c14-9-1-2-12-13(5-9)17-4-3-15(12)10-6-11(7-16)18-8-10/h1-2,5,10-11,16H,3-4,6-8H2/t10-,11-/m1/s1. The first-order chi connectivity index (χ1) is 8.78. The molecule has 0 amide bonds. The van der Waals surface area contributed by atoms with Gasteiger partial charge in [-0.25, -0.2) is 0 Å². The summed E-state index contributed by atoms with van der Waals surface area (Å²) in [6.07, 6.45) is 0.826. The van der Waals surface area contributed by atoms with E-state index in [4.69, 9.17) is 26.2 Å². The fourth-order valence-corrected chi connectivity index (χ4v) is 2.79. The van der Waals surface area contributed by atoms with Crippen LogP contribution in [0.5, 0.6) is 5.75 Å². The smallest absolute Gasteiger partial charge is 0.144 e. The van der Waals surface area contributed by atoms with Gasteiger partial charge in [0.15, 0.2) is 0 Å². The van der Waals surface area contributed by atoms with Crippen LogP contribution in [0.2, 0.25) is 5.02 Å². The Morgan fingerprint density at radius 3 is 3.11 bits per heavy atom. The van der Waals surface area contributed by atoms with Crippen LogP contribution >= 0.6 is 11.6 Å². The number of nitrogens with zero attached hydrogens (tertiary/aromatic N) is 1. The monoisotopic (exact) mass is 269 g/mol. The summed E-state index contributed by atoms with van der Waals surface area (Å²) in [6, 6.07) is 6.03. The molecule has 18 heavy (non-hydrogen) atoms. The van der Waals surface area contributed by atoms with E-state index in [1.165, 1.54) is 0 Å². The van der Waals surface area contributed by atoms with Gasteiger partial charge in [-0.05, 0) is 18.6 Å². The molecule has 0 aromatic heterocycles. The van der Waals surface area contributed by atoms with Crippen LogP contribution in [0.3, 0.4) is 0 Å². The Hall–Kier alpha value is -0.970. The molecule has 98 valence electrons. The van der Waals surface area contributed by atoms with Crippen LogP contribution in [0.15, 0.2) is 18.2 Å². The first-order valence-electron chi connectivity index (χ1n) is 6.19. The van der Waals surface area contributed by atoms with Gasteiger partial charge in [-0.15, -0.1) is 0 Å². The third kappa shape index (κ3) is 2.16. The van der Waals surface area contributed by atoms with Gasteiger partial charge in [0.05, 0.1) is 37.6 Å². The first kappa shape index (κ1) is 12.1. The van der Waals surface area contributed by atoms with Gasteiger partial charge in [0.2, 0.25) is 0 Å². The lowest BCUT2D eigenvalue weighted by Gasteiger charge is -2.35. The highest BCUT2D eigenvalue weighted by atomic mass is 35.5. The van der Waals surface area contributed by atoms with Crippen molar-refractivity contribution in [2.45, 2.75) is 18.6 Å². The summed E-state index contributed by atoms with van der Waals surface area (Å²) in [5.74, 6) is 0.834. The number of benzene rings is 1. The van der Waals surface area contributed by atoms with E-state index in [9.17, 15) is 0 Å². The second-order valence-corrected chi connectivity index (χ2v) is 5.12. The average molecular weight is 270 g/mol. The van der Waals surface area contributed by atoms with Crippen LogP contribution in [0.4, 0.5) is 5.69 Å². The maximum atomic E-state index is 9.13. The minimum absolute atomic E-state index is 0.0337. The molecule has 1 aromatic carbocycles. The van der Waals surface area contributed by atoms with Crippen LogP contribution in [0.1, 0.15) is 6.42 Å². The fraction of sp³-hybridized carbons (Fsp3) is 0.538. The quantitative estimate of drug-likeness (QED) is 0.887. The molecule has 2 heterocycles. The predicted molar refractivity (Wildman–Crippen MR) is 69.5 cm³/mol. The molecule has 2 atom stereocenters. The molecule has 5 heteroatoms. The molecule has 0 aliphatic carbocycles. The number of aliphatic hydroxyl groups excluding tert-OH is 1. The minimum atomic E-state index is -0.0337. The highest BCUT2D eigenvalue weighted by Crippen LogP contribution is 2.36. The second kappa shape index (κ2) is 4.96. The Morgan fingerprint density at radius 2 is 2.33 bits per heavy atom. The van der Waals surface area contributed by atoms with Crippen molar-refractivity contribution in [2.75, 3.05) is 31.3 Å². The largest absolute Gasteiger partial charge is 0.490 e. The van der Waals surface area contributed by atoms with Gasteiger partial charge in [-0.3, -0.25) is 0 Å². The summed E-state index contributed by atoms with van der Waals surface area (Å²) in [5, 5.41) is 9.81. The molecule has 1 N–H and O–H groups in total. The molecule has 2 aliphatic heterocycles. The number of hydrogen-bond donors (Lipinski definition) is 1. The Balaban J connectivity index is 1.83. The average Bonchev–Trinajstić information content (AvgIpc) is 2.86. The SMILES string of the molecule is OC[C@H]1C[C@@H](N2CCOc3cc(Cl)ccc32)CO1. The first-order valence-corrected chi connectivity index (χ1v) is 6.57. The maximum absolute atomic E-state index is 9.13. The Bertz CT molecular complexity index is 440. The number of hydrogen-bond acceptors (Lipinski definition) is 4. The molecule has 4 nitrogen and oxygen atoms in total. The summed E-state index contributed by atoms with van der Waals surface area (Å²) >= 11 is 5.97. The number of rotatable bonds is 2. The van der Waals surface area contributed by atoms with Crippen molar-refractivity contribution in [1.82, 2.24) is 0 Å². The molecule has 1 aromatic rings. The van der Waals surface area contributed by atoms with Crippen molar-refractivity contribution in [2.24, 2.45) is 0 Å². The molecule has 0 radical (unpaired) electrons. The molecule has 2 aliphatic rings. The molecular weight excluding hydrogens is 254 g/mol. The van der Waals surface area contributed by atoms with Crippen molar-refractivity contribution in [3.63, 3.8) is 0 Å². The third-order valence-corrected chi connectivity index (χ3v) is 3.76.